The maximum Gasteiger partial charge on any atom is 0.260 e. The zero-order valence-electron chi connectivity index (χ0n) is 12.0. The minimum atomic E-state index is -3.68. The Bertz CT molecular complexity index is 706. The molecule has 8 heteroatoms. The Balaban J connectivity index is 2.20. The monoisotopic (exact) mass is 372 g/mol. The average molecular weight is 373 g/mol. The molecule has 0 spiro atoms. The molecule has 0 saturated carbocycles. The van der Waals surface area contributed by atoms with Crippen LogP contribution in [-0.2, 0) is 22.5 Å². The molecule has 6 nitrogen and oxygen atoms in total. The summed E-state index contributed by atoms with van der Waals surface area (Å²) < 4.78 is 28.8. The summed E-state index contributed by atoms with van der Waals surface area (Å²) >= 11 is 3.10. The molecule has 0 bridgehead atoms. The van der Waals surface area contributed by atoms with Gasteiger partial charge in [-0.3, -0.25) is 0 Å². The van der Waals surface area contributed by atoms with E-state index in [-0.39, 0.29) is 21.6 Å². The van der Waals surface area contributed by atoms with Gasteiger partial charge in [0.05, 0.1) is 0 Å². The molecule has 2 aromatic rings. The summed E-state index contributed by atoms with van der Waals surface area (Å²) in [6.07, 6.45) is 0. The molecule has 0 aliphatic heterocycles. The topological polar surface area (TPSA) is 76.9 Å². The number of rotatable bonds is 5. The van der Waals surface area contributed by atoms with E-state index in [4.69, 9.17) is 0 Å². The van der Waals surface area contributed by atoms with Gasteiger partial charge in [-0.2, -0.15) is 0 Å². The first-order chi connectivity index (χ1) is 9.74. The van der Waals surface area contributed by atoms with Crippen LogP contribution in [0.3, 0.4) is 0 Å². The molecule has 0 amide bonds. The molecule has 0 saturated heterocycles. The van der Waals surface area contributed by atoms with Gasteiger partial charge in [0.1, 0.15) is 0 Å². The van der Waals surface area contributed by atoms with Crippen molar-refractivity contribution < 1.29 is 8.42 Å². The summed E-state index contributed by atoms with van der Waals surface area (Å²) in [4.78, 5) is 0. The molecule has 0 aliphatic rings. The lowest BCUT2D eigenvalue weighted by Gasteiger charge is -2.25. The first-order valence-corrected chi connectivity index (χ1v) is 8.62. The Hall–Kier alpha value is -1.25. The maximum atomic E-state index is 12.4. The number of hydrogen-bond donors (Lipinski definition) is 1. The van der Waals surface area contributed by atoms with Gasteiger partial charge < -0.3 is 0 Å². The second-order valence-corrected chi connectivity index (χ2v) is 7.82. The molecular formula is C13H17BrN4O2S. The van der Waals surface area contributed by atoms with Gasteiger partial charge >= 0.3 is 0 Å². The number of halogens is 1. The van der Waals surface area contributed by atoms with Crippen molar-refractivity contribution in [3.05, 3.63) is 40.5 Å². The minimum absolute atomic E-state index is 0.0198. The molecule has 0 atom stereocenters. The summed E-state index contributed by atoms with van der Waals surface area (Å²) in [5.74, 6) is 0. The molecule has 1 N–H and O–H groups in total. The summed E-state index contributed by atoms with van der Waals surface area (Å²) in [6, 6.07) is 9.77. The van der Waals surface area contributed by atoms with Gasteiger partial charge in [-0.05, 0) is 21.5 Å². The van der Waals surface area contributed by atoms with E-state index in [2.05, 4.69) is 31.0 Å². The predicted molar refractivity (Wildman–Crippen MR) is 83.4 cm³/mol. The van der Waals surface area contributed by atoms with Crippen LogP contribution in [0.1, 0.15) is 19.4 Å². The van der Waals surface area contributed by atoms with E-state index in [0.717, 1.165) is 5.56 Å². The van der Waals surface area contributed by atoms with Crippen molar-refractivity contribution >= 4 is 26.0 Å². The Morgan fingerprint density at radius 2 is 1.90 bits per heavy atom. The van der Waals surface area contributed by atoms with Crippen molar-refractivity contribution in [1.82, 2.24) is 19.7 Å². The SMILES string of the molecule is Cn1nnc(Br)c1S(=O)(=O)NCC(C)(C)c1ccccc1. The second-order valence-electron chi connectivity index (χ2n) is 5.38. The Morgan fingerprint density at radius 1 is 1.29 bits per heavy atom. The average Bonchev–Trinajstić information content (AvgIpc) is 2.78. The molecule has 2 rings (SSSR count). The standard InChI is InChI=1S/C13H17BrN4O2S/c1-13(2,10-7-5-4-6-8-10)9-15-21(19,20)12-11(14)16-17-18(12)3/h4-8,15H,9H2,1-3H3. The Morgan fingerprint density at radius 3 is 2.43 bits per heavy atom. The lowest BCUT2D eigenvalue weighted by Crippen LogP contribution is -2.37. The van der Waals surface area contributed by atoms with E-state index in [1.807, 2.05) is 44.2 Å². The van der Waals surface area contributed by atoms with Crippen LogP contribution in [-0.4, -0.2) is 30.0 Å². The Labute approximate surface area is 132 Å². The highest BCUT2D eigenvalue weighted by molar-refractivity contribution is 9.10. The molecule has 1 heterocycles. The van der Waals surface area contributed by atoms with Gasteiger partial charge in [-0.1, -0.05) is 49.4 Å². The number of nitrogens with one attached hydrogen (secondary N) is 1. The van der Waals surface area contributed by atoms with E-state index in [0.29, 0.717) is 0 Å². The quantitative estimate of drug-likeness (QED) is 0.868. The maximum absolute atomic E-state index is 12.4. The smallest absolute Gasteiger partial charge is 0.235 e. The molecule has 1 aromatic heterocycles. The van der Waals surface area contributed by atoms with Crippen LogP contribution < -0.4 is 4.72 Å². The first kappa shape index (κ1) is 16.1. The summed E-state index contributed by atoms with van der Waals surface area (Å²) in [7, 11) is -2.14. The van der Waals surface area contributed by atoms with E-state index in [9.17, 15) is 8.42 Å². The largest absolute Gasteiger partial charge is 0.260 e. The molecule has 0 fully saturated rings. The Kier molecular flexibility index (Phi) is 4.50. The van der Waals surface area contributed by atoms with Gasteiger partial charge in [-0.15, -0.1) is 5.10 Å². The predicted octanol–water partition coefficient (Wildman–Crippen LogP) is 1.83. The van der Waals surface area contributed by atoms with Crippen LogP contribution in [0.4, 0.5) is 0 Å². The van der Waals surface area contributed by atoms with Crippen molar-refractivity contribution in [3.63, 3.8) is 0 Å². The van der Waals surface area contributed by atoms with E-state index < -0.39 is 10.0 Å². The fourth-order valence-corrected chi connectivity index (χ4v) is 4.24. The summed E-state index contributed by atoms with van der Waals surface area (Å²) in [5.41, 5.74) is 0.738. The number of aryl methyl sites for hydroxylation is 1. The van der Waals surface area contributed by atoms with Gasteiger partial charge in [0.25, 0.3) is 10.0 Å². The van der Waals surface area contributed by atoms with Gasteiger partial charge in [0.15, 0.2) is 4.60 Å². The fraction of sp³-hybridized carbons (Fsp3) is 0.385. The second kappa shape index (κ2) is 5.86. The number of hydrogen-bond acceptors (Lipinski definition) is 4. The first-order valence-electron chi connectivity index (χ1n) is 6.34. The lowest BCUT2D eigenvalue weighted by molar-refractivity contribution is 0.496. The zero-order chi connectivity index (χ0) is 15.7. The third-order valence-electron chi connectivity index (χ3n) is 3.25. The molecule has 0 unspecified atom stereocenters. The highest BCUT2D eigenvalue weighted by atomic mass is 79.9. The summed E-state index contributed by atoms with van der Waals surface area (Å²) in [5, 5.41) is 7.40. The van der Waals surface area contributed by atoms with Crippen LogP contribution in [0, 0.1) is 0 Å². The molecule has 0 aliphatic carbocycles. The van der Waals surface area contributed by atoms with Crippen LogP contribution in [0.25, 0.3) is 0 Å². The third-order valence-corrected chi connectivity index (χ3v) is 5.54. The number of aromatic nitrogens is 3. The van der Waals surface area contributed by atoms with Crippen molar-refractivity contribution in [3.8, 4) is 0 Å². The lowest BCUT2D eigenvalue weighted by atomic mass is 9.85. The number of benzene rings is 1. The van der Waals surface area contributed by atoms with Gasteiger partial charge in [0, 0.05) is 19.0 Å². The minimum Gasteiger partial charge on any atom is -0.235 e. The number of nitrogens with zero attached hydrogens (tertiary/aromatic N) is 3. The molecule has 114 valence electrons. The highest BCUT2D eigenvalue weighted by Crippen LogP contribution is 2.23. The number of sulfonamides is 1. The van der Waals surface area contributed by atoms with Crippen molar-refractivity contribution in [2.45, 2.75) is 24.3 Å². The van der Waals surface area contributed by atoms with E-state index in [1.54, 1.807) is 0 Å². The van der Waals surface area contributed by atoms with Gasteiger partial charge in [0.2, 0.25) is 5.03 Å². The fourth-order valence-electron chi connectivity index (χ4n) is 1.94. The third kappa shape index (κ3) is 3.50. The molecule has 0 radical (unpaired) electrons. The molecule has 21 heavy (non-hydrogen) atoms. The summed E-state index contributed by atoms with van der Waals surface area (Å²) in [6.45, 7) is 4.25. The van der Waals surface area contributed by atoms with Crippen molar-refractivity contribution in [2.24, 2.45) is 7.05 Å². The normalized spacial score (nSPS) is 12.6. The van der Waals surface area contributed by atoms with Crippen molar-refractivity contribution in [1.29, 1.82) is 0 Å². The van der Waals surface area contributed by atoms with E-state index >= 15 is 0 Å². The zero-order valence-corrected chi connectivity index (χ0v) is 14.4. The van der Waals surface area contributed by atoms with Crippen molar-refractivity contribution in [2.75, 3.05) is 6.54 Å². The van der Waals surface area contributed by atoms with Crippen LogP contribution in [0.5, 0.6) is 0 Å². The van der Waals surface area contributed by atoms with Crippen LogP contribution >= 0.6 is 15.9 Å². The van der Waals surface area contributed by atoms with E-state index in [1.165, 1.54) is 11.7 Å². The molecular weight excluding hydrogens is 356 g/mol. The highest BCUT2D eigenvalue weighted by Gasteiger charge is 2.28. The van der Waals surface area contributed by atoms with Crippen LogP contribution in [0.2, 0.25) is 0 Å². The molecule has 1 aromatic carbocycles. The van der Waals surface area contributed by atoms with Gasteiger partial charge in [-0.25, -0.2) is 17.8 Å². The van der Waals surface area contributed by atoms with Crippen LogP contribution in [0.15, 0.2) is 40.0 Å².